The zero-order chi connectivity index (χ0) is 23.7. The van der Waals surface area contributed by atoms with Crippen molar-refractivity contribution in [2.75, 3.05) is 44.7 Å². The lowest BCUT2D eigenvalue weighted by molar-refractivity contribution is -0.118. The standard InChI is InChI=1S/C26H30N4O3S/c1-18-23(26(32)29-13-15-33-16-14-29)25(34-24(18)20-7-4-3-5-8-20)27-22(31)17-30-12-11-28-10-6-9-21(28)19(30)2/h3-10,19H,11-17H2,1-2H3,(H,27,31)/t19-/m0/s1. The van der Waals surface area contributed by atoms with E-state index in [2.05, 4.69) is 40.0 Å². The number of benzene rings is 1. The molecule has 5 rings (SSSR count). The second-order valence-electron chi connectivity index (χ2n) is 8.85. The Kier molecular flexibility index (Phi) is 6.54. The molecule has 0 saturated carbocycles. The van der Waals surface area contributed by atoms with Gasteiger partial charge in [-0.25, -0.2) is 0 Å². The van der Waals surface area contributed by atoms with E-state index in [1.807, 2.05) is 42.2 Å². The largest absolute Gasteiger partial charge is 0.378 e. The molecule has 1 aromatic carbocycles. The highest BCUT2D eigenvalue weighted by atomic mass is 32.1. The Hall–Kier alpha value is -2.94. The van der Waals surface area contributed by atoms with Crippen molar-refractivity contribution in [2.45, 2.75) is 26.4 Å². The smallest absolute Gasteiger partial charge is 0.257 e. The van der Waals surface area contributed by atoms with E-state index in [4.69, 9.17) is 4.74 Å². The summed E-state index contributed by atoms with van der Waals surface area (Å²) in [4.78, 5) is 31.7. The van der Waals surface area contributed by atoms with Crippen LogP contribution in [0.2, 0.25) is 0 Å². The Labute approximate surface area is 203 Å². The normalized spacial score (nSPS) is 18.5. The number of carbonyl (C=O) groups is 2. The van der Waals surface area contributed by atoms with Gasteiger partial charge in [-0.2, -0.15) is 0 Å². The van der Waals surface area contributed by atoms with E-state index >= 15 is 0 Å². The Morgan fingerprint density at radius 1 is 1.06 bits per heavy atom. The van der Waals surface area contributed by atoms with Crippen molar-refractivity contribution in [3.8, 4) is 10.4 Å². The summed E-state index contributed by atoms with van der Waals surface area (Å²) in [6.07, 6.45) is 2.09. The highest BCUT2D eigenvalue weighted by Crippen LogP contribution is 2.40. The van der Waals surface area contributed by atoms with Crippen molar-refractivity contribution in [3.05, 3.63) is 65.5 Å². The van der Waals surface area contributed by atoms with Crippen LogP contribution in [0.5, 0.6) is 0 Å². The highest BCUT2D eigenvalue weighted by Gasteiger charge is 2.29. The van der Waals surface area contributed by atoms with Gasteiger partial charge in [0.15, 0.2) is 0 Å². The molecule has 7 nitrogen and oxygen atoms in total. The van der Waals surface area contributed by atoms with Gasteiger partial charge in [0.1, 0.15) is 5.00 Å². The number of anilines is 1. The first kappa shape index (κ1) is 22.8. The highest BCUT2D eigenvalue weighted by molar-refractivity contribution is 7.20. The molecule has 2 aliphatic heterocycles. The van der Waals surface area contributed by atoms with Crippen LogP contribution < -0.4 is 5.32 Å². The number of ether oxygens (including phenoxy) is 1. The van der Waals surface area contributed by atoms with E-state index in [1.165, 1.54) is 17.0 Å². The van der Waals surface area contributed by atoms with Crippen molar-refractivity contribution in [3.63, 3.8) is 0 Å². The first-order chi connectivity index (χ1) is 16.5. The van der Waals surface area contributed by atoms with Crippen molar-refractivity contribution >= 4 is 28.2 Å². The average Bonchev–Trinajstić information content (AvgIpc) is 3.46. The molecule has 1 N–H and O–H groups in total. The van der Waals surface area contributed by atoms with Gasteiger partial charge in [0, 0.05) is 49.0 Å². The van der Waals surface area contributed by atoms with Crippen molar-refractivity contribution in [1.29, 1.82) is 0 Å². The maximum absolute atomic E-state index is 13.5. The number of nitrogens with zero attached hydrogens (tertiary/aromatic N) is 3. The van der Waals surface area contributed by atoms with Crippen molar-refractivity contribution in [1.82, 2.24) is 14.4 Å². The molecule has 0 aliphatic carbocycles. The summed E-state index contributed by atoms with van der Waals surface area (Å²) in [5, 5.41) is 3.73. The third-order valence-electron chi connectivity index (χ3n) is 6.76. The molecule has 1 saturated heterocycles. The lowest BCUT2D eigenvalue weighted by atomic mass is 10.1. The zero-order valence-corrected chi connectivity index (χ0v) is 20.4. The first-order valence-electron chi connectivity index (χ1n) is 11.8. The Bertz CT molecular complexity index is 1180. The molecular formula is C26H30N4O3S. The van der Waals surface area contributed by atoms with E-state index in [9.17, 15) is 9.59 Å². The lowest BCUT2D eigenvalue weighted by Crippen LogP contribution is -2.42. The summed E-state index contributed by atoms with van der Waals surface area (Å²) < 4.78 is 7.67. The van der Waals surface area contributed by atoms with Gasteiger partial charge in [-0.15, -0.1) is 11.3 Å². The summed E-state index contributed by atoms with van der Waals surface area (Å²) in [5.74, 6) is -0.137. The minimum absolute atomic E-state index is 0.0429. The lowest BCUT2D eigenvalue weighted by Gasteiger charge is -2.34. The molecule has 2 aromatic heterocycles. The van der Waals surface area contributed by atoms with Gasteiger partial charge < -0.3 is 19.5 Å². The molecule has 34 heavy (non-hydrogen) atoms. The van der Waals surface area contributed by atoms with Crippen LogP contribution in [0.4, 0.5) is 5.00 Å². The fourth-order valence-corrected chi connectivity index (χ4v) is 6.06. The van der Waals surface area contributed by atoms with Crippen molar-refractivity contribution < 1.29 is 14.3 Å². The monoisotopic (exact) mass is 478 g/mol. The minimum atomic E-state index is -0.0938. The molecule has 4 heterocycles. The second kappa shape index (κ2) is 9.74. The predicted octanol–water partition coefficient (Wildman–Crippen LogP) is 4.01. The third kappa shape index (κ3) is 4.41. The van der Waals surface area contributed by atoms with Crippen LogP contribution in [0.25, 0.3) is 10.4 Å². The molecular weight excluding hydrogens is 448 g/mol. The van der Waals surface area contributed by atoms with Crippen LogP contribution in [0.3, 0.4) is 0 Å². The maximum atomic E-state index is 13.5. The van der Waals surface area contributed by atoms with Crippen LogP contribution >= 0.6 is 11.3 Å². The molecule has 3 aromatic rings. The van der Waals surface area contributed by atoms with Crippen LogP contribution in [-0.2, 0) is 16.1 Å². The zero-order valence-electron chi connectivity index (χ0n) is 19.6. The van der Waals surface area contributed by atoms with Gasteiger partial charge in [0.25, 0.3) is 5.91 Å². The molecule has 2 aliphatic rings. The summed E-state index contributed by atoms with van der Waals surface area (Å²) >= 11 is 1.48. The molecule has 2 amide bonds. The predicted molar refractivity (Wildman–Crippen MR) is 134 cm³/mol. The Morgan fingerprint density at radius 2 is 1.82 bits per heavy atom. The fourth-order valence-electron chi connectivity index (χ4n) is 4.84. The summed E-state index contributed by atoms with van der Waals surface area (Å²) in [6, 6.07) is 14.4. The number of carbonyl (C=O) groups excluding carboxylic acids is 2. The third-order valence-corrected chi connectivity index (χ3v) is 8.02. The van der Waals surface area contributed by atoms with Crippen LogP contribution in [-0.4, -0.2) is 65.6 Å². The number of hydrogen-bond acceptors (Lipinski definition) is 5. The number of hydrogen-bond donors (Lipinski definition) is 1. The van der Waals surface area contributed by atoms with Crippen LogP contribution in [0, 0.1) is 6.92 Å². The molecule has 0 radical (unpaired) electrons. The molecule has 1 fully saturated rings. The molecule has 178 valence electrons. The Morgan fingerprint density at radius 3 is 2.59 bits per heavy atom. The summed E-state index contributed by atoms with van der Waals surface area (Å²) in [5.41, 5.74) is 3.78. The van der Waals surface area contributed by atoms with Gasteiger partial charge in [-0.1, -0.05) is 30.3 Å². The number of thiophene rings is 1. The SMILES string of the molecule is Cc1c(-c2ccccc2)sc(NC(=O)CN2CCn3cccc3[C@@H]2C)c1C(=O)N1CCOCC1. The van der Waals surface area contributed by atoms with Gasteiger partial charge in [0.05, 0.1) is 25.3 Å². The number of fused-ring (bicyclic) bond motifs is 1. The van der Waals surface area contributed by atoms with Crippen LogP contribution in [0.1, 0.15) is 34.6 Å². The number of amides is 2. The van der Waals surface area contributed by atoms with E-state index in [-0.39, 0.29) is 24.4 Å². The van der Waals surface area contributed by atoms with E-state index in [0.717, 1.165) is 29.1 Å². The van der Waals surface area contributed by atoms with Gasteiger partial charge in [0.2, 0.25) is 5.91 Å². The van der Waals surface area contributed by atoms with Gasteiger partial charge >= 0.3 is 0 Å². The van der Waals surface area contributed by atoms with Gasteiger partial charge in [-0.3, -0.25) is 14.5 Å². The quantitative estimate of drug-likeness (QED) is 0.602. The maximum Gasteiger partial charge on any atom is 0.257 e. The average molecular weight is 479 g/mol. The second-order valence-corrected chi connectivity index (χ2v) is 9.87. The first-order valence-corrected chi connectivity index (χ1v) is 12.6. The van der Waals surface area contributed by atoms with E-state index in [1.54, 1.807) is 0 Å². The minimum Gasteiger partial charge on any atom is -0.378 e. The molecule has 0 bridgehead atoms. The van der Waals surface area contributed by atoms with Crippen LogP contribution in [0.15, 0.2) is 48.7 Å². The summed E-state index contributed by atoms with van der Waals surface area (Å²) in [7, 11) is 0. The van der Waals surface area contributed by atoms with E-state index < -0.39 is 0 Å². The van der Waals surface area contributed by atoms with Gasteiger partial charge in [-0.05, 0) is 37.1 Å². The number of aromatic nitrogens is 1. The number of nitrogens with one attached hydrogen (secondary N) is 1. The Balaban J connectivity index is 1.40. The molecule has 8 heteroatoms. The fraction of sp³-hybridized carbons (Fsp3) is 0.385. The summed E-state index contributed by atoms with van der Waals surface area (Å²) in [6.45, 7) is 8.28. The molecule has 0 unspecified atom stereocenters. The topological polar surface area (TPSA) is 66.8 Å². The van der Waals surface area contributed by atoms with Crippen molar-refractivity contribution in [2.24, 2.45) is 0 Å². The van der Waals surface area contributed by atoms with E-state index in [0.29, 0.717) is 36.9 Å². The number of morpholine rings is 1. The number of rotatable bonds is 5. The molecule has 0 spiro atoms. The molecule has 1 atom stereocenters.